The minimum atomic E-state index is -1.30. The molecule has 0 aliphatic heterocycles. The Hall–Kier alpha value is -1.73. The zero-order chi connectivity index (χ0) is 39.6. The SMILES string of the molecule is CCCCC/C=C\C=C/CCCCCCCC(O)C(=O)NC(CO)C(O)C(O)CCC/C=C/CC/C=C/CCCCCCCCCCCCCCCCC. The van der Waals surface area contributed by atoms with Gasteiger partial charge in [0.15, 0.2) is 0 Å². The molecule has 0 radical (unpaired) electrons. The van der Waals surface area contributed by atoms with Crippen LogP contribution in [0.2, 0.25) is 0 Å². The van der Waals surface area contributed by atoms with Gasteiger partial charge in [-0.25, -0.2) is 0 Å². The van der Waals surface area contributed by atoms with Crippen LogP contribution in [0, 0.1) is 0 Å². The molecule has 0 aliphatic rings. The number of nitrogens with one attached hydrogen (secondary N) is 1. The number of aliphatic hydroxyl groups is 4. The second kappa shape index (κ2) is 42.4. The molecule has 4 atom stereocenters. The molecule has 0 bridgehead atoms. The van der Waals surface area contributed by atoms with Crippen molar-refractivity contribution in [1.29, 1.82) is 0 Å². The summed E-state index contributed by atoms with van der Waals surface area (Å²) in [5.74, 6) is -0.611. The van der Waals surface area contributed by atoms with E-state index >= 15 is 0 Å². The second-order valence-electron chi connectivity index (χ2n) is 15.8. The van der Waals surface area contributed by atoms with Crippen molar-refractivity contribution in [3.05, 3.63) is 48.6 Å². The van der Waals surface area contributed by atoms with E-state index in [9.17, 15) is 25.2 Å². The first-order chi connectivity index (χ1) is 26.5. The molecule has 0 rings (SSSR count). The van der Waals surface area contributed by atoms with Gasteiger partial charge in [-0.1, -0.05) is 191 Å². The van der Waals surface area contributed by atoms with Crippen LogP contribution < -0.4 is 5.32 Å². The summed E-state index contributed by atoms with van der Waals surface area (Å²) in [7, 11) is 0. The van der Waals surface area contributed by atoms with E-state index in [1.165, 1.54) is 122 Å². The summed E-state index contributed by atoms with van der Waals surface area (Å²) < 4.78 is 0. The molecule has 0 aromatic heterocycles. The third-order valence-corrected chi connectivity index (χ3v) is 10.5. The molecule has 0 fully saturated rings. The van der Waals surface area contributed by atoms with E-state index in [-0.39, 0.29) is 0 Å². The van der Waals surface area contributed by atoms with Crippen LogP contribution in [-0.2, 0) is 4.79 Å². The summed E-state index contributed by atoms with van der Waals surface area (Å²) in [4.78, 5) is 12.5. The van der Waals surface area contributed by atoms with Gasteiger partial charge in [-0.05, 0) is 77.0 Å². The molecule has 0 aromatic carbocycles. The highest BCUT2D eigenvalue weighted by molar-refractivity contribution is 5.80. The van der Waals surface area contributed by atoms with Crippen LogP contribution in [0.3, 0.4) is 0 Å². The van der Waals surface area contributed by atoms with Gasteiger partial charge in [-0.3, -0.25) is 4.79 Å². The fourth-order valence-corrected chi connectivity index (χ4v) is 6.82. The lowest BCUT2D eigenvalue weighted by Gasteiger charge is -2.27. The number of hydrogen-bond donors (Lipinski definition) is 5. The van der Waals surface area contributed by atoms with Crippen LogP contribution in [0.4, 0.5) is 0 Å². The van der Waals surface area contributed by atoms with Crippen LogP contribution in [-0.4, -0.2) is 57.3 Å². The number of allylic oxidation sites excluding steroid dienone is 8. The number of amides is 1. The van der Waals surface area contributed by atoms with E-state index in [0.717, 1.165) is 64.2 Å². The van der Waals surface area contributed by atoms with E-state index in [4.69, 9.17) is 0 Å². The third-order valence-electron chi connectivity index (χ3n) is 10.5. The van der Waals surface area contributed by atoms with Gasteiger partial charge in [0.05, 0.1) is 18.8 Å². The smallest absolute Gasteiger partial charge is 0.249 e. The van der Waals surface area contributed by atoms with Crippen LogP contribution in [0.5, 0.6) is 0 Å². The van der Waals surface area contributed by atoms with Crippen LogP contribution in [0.1, 0.15) is 219 Å². The highest BCUT2D eigenvalue weighted by atomic mass is 16.3. The molecule has 0 aliphatic carbocycles. The molecule has 0 saturated heterocycles. The first-order valence-corrected chi connectivity index (χ1v) is 23.0. The van der Waals surface area contributed by atoms with E-state index in [0.29, 0.717) is 19.3 Å². The summed E-state index contributed by atoms with van der Waals surface area (Å²) in [6.07, 6.45) is 51.5. The molecule has 6 nitrogen and oxygen atoms in total. The predicted molar refractivity (Wildman–Crippen MR) is 233 cm³/mol. The Labute approximate surface area is 334 Å². The largest absolute Gasteiger partial charge is 0.394 e. The number of aliphatic hydroxyl groups excluding tert-OH is 4. The first kappa shape index (κ1) is 52.3. The lowest BCUT2D eigenvalue weighted by Crippen LogP contribution is -2.53. The van der Waals surface area contributed by atoms with E-state index in [1.54, 1.807) is 0 Å². The van der Waals surface area contributed by atoms with Gasteiger partial charge in [-0.15, -0.1) is 0 Å². The Morgan fingerprint density at radius 2 is 0.833 bits per heavy atom. The van der Waals surface area contributed by atoms with Crippen molar-refractivity contribution in [2.45, 2.75) is 244 Å². The van der Waals surface area contributed by atoms with E-state index < -0.39 is 36.9 Å². The Kier molecular flexibility index (Phi) is 41.1. The summed E-state index contributed by atoms with van der Waals surface area (Å²) in [5.41, 5.74) is 0. The molecule has 316 valence electrons. The van der Waals surface area contributed by atoms with Gasteiger partial charge >= 0.3 is 0 Å². The molecule has 0 saturated carbocycles. The average molecular weight is 760 g/mol. The number of hydrogen-bond acceptors (Lipinski definition) is 5. The van der Waals surface area contributed by atoms with Crippen molar-refractivity contribution in [1.82, 2.24) is 5.32 Å². The zero-order valence-corrected chi connectivity index (χ0v) is 35.5. The fourth-order valence-electron chi connectivity index (χ4n) is 6.82. The Morgan fingerprint density at radius 3 is 1.31 bits per heavy atom. The monoisotopic (exact) mass is 760 g/mol. The van der Waals surface area contributed by atoms with Gasteiger partial charge in [0, 0.05) is 0 Å². The van der Waals surface area contributed by atoms with Gasteiger partial charge in [-0.2, -0.15) is 0 Å². The van der Waals surface area contributed by atoms with E-state index in [1.807, 2.05) is 0 Å². The second-order valence-corrected chi connectivity index (χ2v) is 15.8. The molecular weight excluding hydrogens is 671 g/mol. The van der Waals surface area contributed by atoms with Crippen molar-refractivity contribution >= 4 is 5.91 Å². The minimum Gasteiger partial charge on any atom is -0.394 e. The van der Waals surface area contributed by atoms with Crippen molar-refractivity contribution in [2.24, 2.45) is 0 Å². The van der Waals surface area contributed by atoms with Crippen LogP contribution in [0.15, 0.2) is 48.6 Å². The lowest BCUT2D eigenvalue weighted by atomic mass is 10.00. The molecule has 6 heteroatoms. The average Bonchev–Trinajstić information content (AvgIpc) is 3.18. The van der Waals surface area contributed by atoms with Crippen molar-refractivity contribution in [2.75, 3.05) is 6.61 Å². The highest BCUT2D eigenvalue weighted by Gasteiger charge is 2.28. The van der Waals surface area contributed by atoms with Crippen molar-refractivity contribution < 1.29 is 25.2 Å². The summed E-state index contributed by atoms with van der Waals surface area (Å²) in [5, 5.41) is 43.6. The maximum Gasteiger partial charge on any atom is 0.249 e. The minimum absolute atomic E-state index is 0.340. The Balaban J connectivity index is 3.79. The molecular formula is C48H89NO5. The predicted octanol–water partition coefficient (Wildman–Crippen LogP) is 12.3. The van der Waals surface area contributed by atoms with Crippen molar-refractivity contribution in [3.63, 3.8) is 0 Å². The zero-order valence-electron chi connectivity index (χ0n) is 35.5. The van der Waals surface area contributed by atoms with E-state index in [2.05, 4.69) is 67.8 Å². The molecule has 4 unspecified atom stereocenters. The molecule has 0 heterocycles. The molecule has 0 aromatic rings. The third kappa shape index (κ3) is 35.9. The number of unbranched alkanes of at least 4 members (excludes halogenated alkanes) is 25. The summed E-state index contributed by atoms with van der Waals surface area (Å²) >= 11 is 0. The van der Waals surface area contributed by atoms with Crippen molar-refractivity contribution in [3.8, 4) is 0 Å². The first-order valence-electron chi connectivity index (χ1n) is 23.0. The number of carbonyl (C=O) groups excluding carboxylic acids is 1. The number of carbonyl (C=O) groups is 1. The summed E-state index contributed by atoms with van der Waals surface area (Å²) in [6, 6.07) is -1.02. The topological polar surface area (TPSA) is 110 Å². The summed E-state index contributed by atoms with van der Waals surface area (Å²) in [6.45, 7) is 4.00. The molecule has 5 N–H and O–H groups in total. The lowest BCUT2D eigenvalue weighted by molar-refractivity contribution is -0.132. The van der Waals surface area contributed by atoms with Crippen LogP contribution in [0.25, 0.3) is 0 Å². The van der Waals surface area contributed by atoms with Gasteiger partial charge in [0.1, 0.15) is 12.2 Å². The molecule has 1 amide bonds. The standard InChI is InChI=1S/C48H89NO5/c1-3-5-7-9-11-13-15-17-19-20-21-22-23-24-25-26-27-28-30-31-33-35-37-39-41-45(51)47(53)44(43-50)49-48(54)46(52)42-40-38-36-34-32-29-18-16-14-12-10-8-6-4-2/h12,14,16,18,27-28,33,35,44-47,50-53H,3-11,13,15,17,19-26,29-32,34,36-43H2,1-2H3,(H,49,54)/b14-12-,18-16-,28-27+,35-33+. The van der Waals surface area contributed by atoms with Gasteiger partial charge < -0.3 is 25.7 Å². The maximum atomic E-state index is 12.5. The van der Waals surface area contributed by atoms with Gasteiger partial charge in [0.2, 0.25) is 5.91 Å². The molecule has 0 spiro atoms. The van der Waals surface area contributed by atoms with Gasteiger partial charge in [0.25, 0.3) is 0 Å². The maximum absolute atomic E-state index is 12.5. The molecule has 54 heavy (non-hydrogen) atoms. The fraction of sp³-hybridized carbons (Fsp3) is 0.812. The highest BCUT2D eigenvalue weighted by Crippen LogP contribution is 2.15. The number of rotatable bonds is 41. The Morgan fingerprint density at radius 1 is 0.463 bits per heavy atom. The van der Waals surface area contributed by atoms with Crippen LogP contribution >= 0.6 is 0 Å². The Bertz CT molecular complexity index is 900. The normalized spacial score (nSPS) is 14.6. The quantitative estimate of drug-likeness (QED) is 0.0242.